The number of likely N-dealkylation sites (tertiary alicyclic amines) is 1. The number of carbonyl (C=O) groups excluding carboxylic acids is 1. The fourth-order valence-electron chi connectivity index (χ4n) is 2.50. The van der Waals surface area contributed by atoms with Gasteiger partial charge in [0, 0.05) is 17.8 Å². The molecule has 2 heterocycles. The molecule has 1 aromatic carbocycles. The lowest BCUT2D eigenvalue weighted by atomic mass is 10.1. The molecular weight excluding hydrogens is 296 g/mol. The highest BCUT2D eigenvalue weighted by Gasteiger charge is 2.18. The van der Waals surface area contributed by atoms with Gasteiger partial charge in [-0.05, 0) is 26.4 Å². The molecule has 1 saturated heterocycles. The van der Waals surface area contributed by atoms with Crippen LogP contribution in [-0.2, 0) is 0 Å². The average Bonchev–Trinajstić information content (AvgIpc) is 2.88. The number of thiazole rings is 1. The molecule has 2 N–H and O–H groups in total. The van der Waals surface area contributed by atoms with Gasteiger partial charge in [-0.25, -0.2) is 9.98 Å². The first-order valence-corrected chi connectivity index (χ1v) is 8.06. The third kappa shape index (κ3) is 3.23. The lowest BCUT2D eigenvalue weighted by Gasteiger charge is -2.22. The molecule has 0 unspecified atom stereocenters. The maximum absolute atomic E-state index is 12.5. The fourth-order valence-corrected chi connectivity index (χ4v) is 3.36. The molecule has 5 nitrogen and oxygen atoms in total. The molecule has 114 valence electrons. The third-order valence-corrected chi connectivity index (χ3v) is 4.56. The molecule has 3 rings (SSSR count). The van der Waals surface area contributed by atoms with Crippen molar-refractivity contribution in [3.8, 4) is 0 Å². The van der Waals surface area contributed by atoms with E-state index in [0.717, 1.165) is 31.6 Å². The zero-order valence-corrected chi connectivity index (χ0v) is 13.3. The first-order chi connectivity index (χ1) is 10.6. The number of rotatable bonds is 3. The van der Waals surface area contributed by atoms with Crippen LogP contribution in [0.1, 0.15) is 28.1 Å². The number of nitrogen functional groups attached to an aromatic ring is 1. The van der Waals surface area contributed by atoms with Gasteiger partial charge in [0.2, 0.25) is 10.9 Å². The second-order valence-electron chi connectivity index (χ2n) is 5.43. The van der Waals surface area contributed by atoms with Gasteiger partial charge in [-0.1, -0.05) is 41.7 Å². The van der Waals surface area contributed by atoms with Crippen molar-refractivity contribution in [1.29, 1.82) is 0 Å². The van der Waals surface area contributed by atoms with E-state index in [0.29, 0.717) is 15.6 Å². The predicted molar refractivity (Wildman–Crippen MR) is 90.2 cm³/mol. The van der Waals surface area contributed by atoms with Crippen LogP contribution in [0.3, 0.4) is 0 Å². The number of ketones is 1. The molecule has 0 spiro atoms. The Kier molecular flexibility index (Phi) is 4.31. The van der Waals surface area contributed by atoms with E-state index < -0.39 is 0 Å². The van der Waals surface area contributed by atoms with E-state index >= 15 is 0 Å². The molecular formula is C16H18N4OS. The number of hydrogen-bond acceptors (Lipinski definition) is 6. The Morgan fingerprint density at radius 2 is 2.14 bits per heavy atom. The number of piperidine rings is 1. The molecule has 0 amide bonds. The van der Waals surface area contributed by atoms with Crippen molar-refractivity contribution in [3.63, 3.8) is 0 Å². The van der Waals surface area contributed by atoms with Crippen molar-refractivity contribution in [1.82, 2.24) is 9.88 Å². The Balaban J connectivity index is 1.85. The third-order valence-electron chi connectivity index (χ3n) is 3.60. The first-order valence-electron chi connectivity index (χ1n) is 7.24. The van der Waals surface area contributed by atoms with Crippen LogP contribution in [-0.4, -0.2) is 41.5 Å². The molecule has 2 aromatic rings. The maximum atomic E-state index is 12.5. The number of nitrogens with zero attached hydrogens (tertiary/aromatic N) is 3. The molecule has 1 fully saturated rings. The fraction of sp³-hybridized carbons (Fsp3) is 0.312. The van der Waals surface area contributed by atoms with E-state index in [1.165, 1.54) is 11.3 Å². The Bertz CT molecular complexity index is 708. The highest BCUT2D eigenvalue weighted by Crippen LogP contribution is 2.30. The van der Waals surface area contributed by atoms with Crippen LogP contribution < -0.4 is 5.73 Å². The van der Waals surface area contributed by atoms with E-state index in [4.69, 9.17) is 5.73 Å². The van der Waals surface area contributed by atoms with Gasteiger partial charge in [0.1, 0.15) is 10.7 Å². The summed E-state index contributed by atoms with van der Waals surface area (Å²) in [4.78, 5) is 24.0. The van der Waals surface area contributed by atoms with E-state index in [9.17, 15) is 4.79 Å². The van der Waals surface area contributed by atoms with Crippen molar-refractivity contribution >= 4 is 33.8 Å². The summed E-state index contributed by atoms with van der Waals surface area (Å²) in [5.74, 6) is 0.171. The van der Waals surface area contributed by atoms with Gasteiger partial charge in [0.05, 0.1) is 0 Å². The van der Waals surface area contributed by atoms with Crippen molar-refractivity contribution in [2.45, 2.75) is 12.8 Å². The van der Waals surface area contributed by atoms with E-state index in [1.807, 2.05) is 18.2 Å². The smallest absolute Gasteiger partial charge is 0.211 e. The van der Waals surface area contributed by atoms with Gasteiger partial charge in [-0.3, -0.25) is 4.79 Å². The van der Waals surface area contributed by atoms with E-state index in [1.54, 1.807) is 12.1 Å². The predicted octanol–water partition coefficient (Wildman–Crippen LogP) is 2.75. The number of nitrogens with two attached hydrogens (primary N) is 1. The number of aliphatic imine (C=N–C) groups is 1. The second-order valence-corrected chi connectivity index (χ2v) is 6.40. The summed E-state index contributed by atoms with van der Waals surface area (Å²) >= 11 is 1.27. The highest BCUT2D eigenvalue weighted by atomic mass is 32.1. The van der Waals surface area contributed by atoms with Crippen molar-refractivity contribution in [2.24, 2.45) is 4.99 Å². The largest absolute Gasteiger partial charge is 0.382 e. The van der Waals surface area contributed by atoms with Crippen LogP contribution in [0.15, 0.2) is 35.3 Å². The monoisotopic (exact) mass is 314 g/mol. The van der Waals surface area contributed by atoms with Crippen molar-refractivity contribution in [2.75, 3.05) is 25.9 Å². The van der Waals surface area contributed by atoms with Gasteiger partial charge in [0.25, 0.3) is 0 Å². The summed E-state index contributed by atoms with van der Waals surface area (Å²) in [7, 11) is 2.08. The second kappa shape index (κ2) is 6.37. The van der Waals surface area contributed by atoms with Crippen LogP contribution in [0.5, 0.6) is 0 Å². The molecule has 0 aliphatic carbocycles. The molecule has 6 heteroatoms. The zero-order chi connectivity index (χ0) is 15.5. The summed E-state index contributed by atoms with van der Waals surface area (Å²) in [6, 6.07) is 9.11. The molecule has 1 aliphatic rings. The molecule has 0 bridgehead atoms. The van der Waals surface area contributed by atoms with Gasteiger partial charge >= 0.3 is 0 Å². The molecule has 1 aromatic heterocycles. The molecule has 0 atom stereocenters. The van der Waals surface area contributed by atoms with Gasteiger partial charge in [-0.15, -0.1) is 0 Å². The SMILES string of the molecule is CN1CCCC(=Nc2nc(N)c(C(=O)c3ccccc3)s2)C1. The summed E-state index contributed by atoms with van der Waals surface area (Å²) in [6.07, 6.45) is 2.08. The van der Waals surface area contributed by atoms with Gasteiger partial charge in [0.15, 0.2) is 0 Å². The first kappa shape index (κ1) is 14.9. The highest BCUT2D eigenvalue weighted by molar-refractivity contribution is 7.18. The standard InChI is InChI=1S/C16H18N4OS/c1-20-9-5-8-12(10-20)18-16-19-15(17)14(22-16)13(21)11-6-3-2-4-7-11/h2-4,6-7H,5,8-10,17H2,1H3. The van der Waals surface area contributed by atoms with E-state index in [2.05, 4.69) is 21.9 Å². The zero-order valence-electron chi connectivity index (χ0n) is 12.5. The average molecular weight is 314 g/mol. The van der Waals surface area contributed by atoms with Gasteiger partial charge < -0.3 is 10.6 Å². The molecule has 1 aliphatic heterocycles. The normalized spacial score (nSPS) is 17.8. The number of aromatic nitrogens is 1. The Labute approximate surface area is 133 Å². The number of benzene rings is 1. The molecule has 0 radical (unpaired) electrons. The van der Waals surface area contributed by atoms with Gasteiger partial charge in [-0.2, -0.15) is 0 Å². The Morgan fingerprint density at radius 1 is 1.36 bits per heavy atom. The number of carbonyl (C=O) groups is 1. The quantitative estimate of drug-likeness (QED) is 0.884. The lowest BCUT2D eigenvalue weighted by molar-refractivity contribution is 0.104. The van der Waals surface area contributed by atoms with Crippen LogP contribution in [0.25, 0.3) is 0 Å². The maximum Gasteiger partial charge on any atom is 0.211 e. The minimum absolute atomic E-state index is 0.0946. The molecule has 0 saturated carbocycles. The lowest BCUT2D eigenvalue weighted by Crippen LogP contribution is -2.32. The van der Waals surface area contributed by atoms with Crippen LogP contribution in [0.2, 0.25) is 0 Å². The Morgan fingerprint density at radius 3 is 2.86 bits per heavy atom. The minimum atomic E-state index is -0.0946. The van der Waals surface area contributed by atoms with Crippen molar-refractivity contribution in [3.05, 3.63) is 40.8 Å². The van der Waals surface area contributed by atoms with Crippen LogP contribution in [0, 0.1) is 0 Å². The summed E-state index contributed by atoms with van der Waals surface area (Å²) in [6.45, 7) is 1.94. The number of anilines is 1. The molecule has 22 heavy (non-hydrogen) atoms. The summed E-state index contributed by atoms with van der Waals surface area (Å²) < 4.78 is 0. The van der Waals surface area contributed by atoms with Crippen LogP contribution >= 0.6 is 11.3 Å². The van der Waals surface area contributed by atoms with E-state index in [-0.39, 0.29) is 11.6 Å². The van der Waals surface area contributed by atoms with Crippen LogP contribution in [0.4, 0.5) is 10.9 Å². The summed E-state index contributed by atoms with van der Waals surface area (Å²) in [5, 5.41) is 0.571. The Hall–Kier alpha value is -2.05. The topological polar surface area (TPSA) is 71.6 Å². The minimum Gasteiger partial charge on any atom is -0.382 e. The summed E-state index contributed by atoms with van der Waals surface area (Å²) in [5.41, 5.74) is 7.63. The van der Waals surface area contributed by atoms with Crippen molar-refractivity contribution < 1.29 is 4.79 Å². The number of hydrogen-bond donors (Lipinski definition) is 1.